The van der Waals surface area contributed by atoms with Crippen molar-refractivity contribution >= 4 is 0 Å². The topological polar surface area (TPSA) is 29.5 Å². The monoisotopic (exact) mass is 270 g/mol. The summed E-state index contributed by atoms with van der Waals surface area (Å²) in [5.74, 6) is 0.802. The predicted molar refractivity (Wildman–Crippen MR) is 82.2 cm³/mol. The van der Waals surface area contributed by atoms with Crippen molar-refractivity contribution in [2.75, 3.05) is 7.11 Å². The number of aryl methyl sites for hydroxylation is 2. The molecule has 0 heterocycles. The highest BCUT2D eigenvalue weighted by Gasteiger charge is 2.23. The fraction of sp³-hybridized carbons (Fsp3) is 0.333. The molecular weight excluding hydrogens is 248 g/mol. The first-order chi connectivity index (χ1) is 9.40. The lowest BCUT2D eigenvalue weighted by Crippen LogP contribution is -2.24. The predicted octanol–water partition coefficient (Wildman–Crippen LogP) is 3.76. The van der Waals surface area contributed by atoms with Crippen LogP contribution in [0.15, 0.2) is 42.5 Å². The zero-order chi connectivity index (χ0) is 14.8. The van der Waals surface area contributed by atoms with Crippen LogP contribution in [0.3, 0.4) is 0 Å². The van der Waals surface area contributed by atoms with Gasteiger partial charge in [-0.15, -0.1) is 0 Å². The van der Waals surface area contributed by atoms with Crippen molar-refractivity contribution in [1.29, 1.82) is 0 Å². The van der Waals surface area contributed by atoms with Crippen LogP contribution in [0.5, 0.6) is 5.75 Å². The van der Waals surface area contributed by atoms with Gasteiger partial charge in [0.15, 0.2) is 0 Å². The van der Waals surface area contributed by atoms with Gasteiger partial charge < -0.3 is 9.84 Å². The molecule has 0 fully saturated rings. The molecule has 1 atom stereocenters. The van der Waals surface area contributed by atoms with E-state index in [1.807, 2.05) is 31.2 Å². The molecule has 2 aromatic rings. The van der Waals surface area contributed by atoms with Gasteiger partial charge in [-0.25, -0.2) is 0 Å². The van der Waals surface area contributed by atoms with Crippen molar-refractivity contribution in [3.8, 4) is 5.75 Å². The highest BCUT2D eigenvalue weighted by Crippen LogP contribution is 2.27. The molecule has 2 rings (SSSR count). The SMILES string of the molecule is COc1ccc(C(C)(O)Cc2cc(C)cc(C)c2)cc1. The Kier molecular flexibility index (Phi) is 4.15. The Hall–Kier alpha value is -1.80. The summed E-state index contributed by atoms with van der Waals surface area (Å²) in [6.07, 6.45) is 0.599. The Bertz CT molecular complexity index is 563. The second-order valence-electron chi connectivity index (χ2n) is 5.68. The second-order valence-corrected chi connectivity index (χ2v) is 5.68. The summed E-state index contributed by atoms with van der Waals surface area (Å²) in [4.78, 5) is 0. The number of methoxy groups -OCH3 is 1. The van der Waals surface area contributed by atoms with Gasteiger partial charge in [0.25, 0.3) is 0 Å². The molecule has 0 aliphatic rings. The van der Waals surface area contributed by atoms with Crippen molar-refractivity contribution < 1.29 is 9.84 Å². The maximum absolute atomic E-state index is 10.7. The lowest BCUT2D eigenvalue weighted by molar-refractivity contribution is 0.0576. The molecule has 2 heteroatoms. The van der Waals surface area contributed by atoms with Crippen molar-refractivity contribution in [3.05, 3.63) is 64.7 Å². The highest BCUT2D eigenvalue weighted by molar-refractivity contribution is 5.34. The lowest BCUT2D eigenvalue weighted by Gasteiger charge is -2.24. The molecule has 0 amide bonds. The zero-order valence-electron chi connectivity index (χ0n) is 12.6. The smallest absolute Gasteiger partial charge is 0.118 e. The summed E-state index contributed by atoms with van der Waals surface area (Å²) < 4.78 is 5.15. The van der Waals surface area contributed by atoms with Crippen LogP contribution in [0.2, 0.25) is 0 Å². The molecule has 1 N–H and O–H groups in total. The molecule has 0 saturated carbocycles. The number of ether oxygens (including phenoxy) is 1. The van der Waals surface area contributed by atoms with E-state index in [9.17, 15) is 5.11 Å². The van der Waals surface area contributed by atoms with Gasteiger partial charge in [0.2, 0.25) is 0 Å². The average Bonchev–Trinajstić information content (AvgIpc) is 2.37. The maximum Gasteiger partial charge on any atom is 0.118 e. The van der Waals surface area contributed by atoms with Gasteiger partial charge in [-0.05, 0) is 44.0 Å². The van der Waals surface area contributed by atoms with E-state index in [2.05, 4.69) is 32.0 Å². The van der Waals surface area contributed by atoms with Gasteiger partial charge in [-0.1, -0.05) is 41.5 Å². The first kappa shape index (κ1) is 14.6. The van der Waals surface area contributed by atoms with Crippen LogP contribution in [0.4, 0.5) is 0 Å². The minimum absolute atomic E-state index is 0.599. The number of benzene rings is 2. The van der Waals surface area contributed by atoms with E-state index in [0.29, 0.717) is 6.42 Å². The molecular formula is C18H22O2. The zero-order valence-corrected chi connectivity index (χ0v) is 12.6. The van der Waals surface area contributed by atoms with E-state index in [1.165, 1.54) is 11.1 Å². The molecule has 106 valence electrons. The van der Waals surface area contributed by atoms with Crippen LogP contribution in [0, 0.1) is 13.8 Å². The Morgan fingerprint density at radius 1 is 1.00 bits per heavy atom. The normalized spacial score (nSPS) is 13.8. The Morgan fingerprint density at radius 2 is 1.55 bits per heavy atom. The third kappa shape index (κ3) is 3.40. The van der Waals surface area contributed by atoms with Gasteiger partial charge in [0.05, 0.1) is 12.7 Å². The van der Waals surface area contributed by atoms with Crippen LogP contribution in [-0.4, -0.2) is 12.2 Å². The average molecular weight is 270 g/mol. The van der Waals surface area contributed by atoms with Gasteiger partial charge in [0.1, 0.15) is 5.75 Å². The van der Waals surface area contributed by atoms with Crippen LogP contribution in [-0.2, 0) is 12.0 Å². The van der Waals surface area contributed by atoms with Crippen LogP contribution < -0.4 is 4.74 Å². The summed E-state index contributed by atoms with van der Waals surface area (Å²) >= 11 is 0. The summed E-state index contributed by atoms with van der Waals surface area (Å²) in [5, 5.41) is 10.7. The van der Waals surface area contributed by atoms with E-state index >= 15 is 0 Å². The minimum atomic E-state index is -0.882. The lowest BCUT2D eigenvalue weighted by atomic mass is 9.88. The van der Waals surface area contributed by atoms with Crippen LogP contribution in [0.25, 0.3) is 0 Å². The Labute approximate surface area is 121 Å². The van der Waals surface area contributed by atoms with E-state index in [-0.39, 0.29) is 0 Å². The fourth-order valence-electron chi connectivity index (χ4n) is 2.62. The van der Waals surface area contributed by atoms with Crippen LogP contribution in [0.1, 0.15) is 29.2 Å². The number of hydrogen-bond donors (Lipinski definition) is 1. The standard InChI is InChI=1S/C18H22O2/c1-13-9-14(2)11-15(10-13)12-18(3,19)16-5-7-17(20-4)8-6-16/h5-11,19H,12H2,1-4H3. The molecule has 20 heavy (non-hydrogen) atoms. The summed E-state index contributed by atoms with van der Waals surface area (Å²) in [7, 11) is 1.64. The molecule has 1 unspecified atom stereocenters. The van der Waals surface area contributed by atoms with Gasteiger partial charge in [0, 0.05) is 6.42 Å². The third-order valence-electron chi connectivity index (χ3n) is 3.54. The Morgan fingerprint density at radius 3 is 2.05 bits per heavy atom. The van der Waals surface area contributed by atoms with Gasteiger partial charge in [-0.3, -0.25) is 0 Å². The molecule has 0 aliphatic carbocycles. The first-order valence-electron chi connectivity index (χ1n) is 6.85. The Balaban J connectivity index is 2.24. The summed E-state index contributed by atoms with van der Waals surface area (Å²) in [5.41, 5.74) is 3.63. The quantitative estimate of drug-likeness (QED) is 0.916. The molecule has 2 nitrogen and oxygen atoms in total. The summed E-state index contributed by atoms with van der Waals surface area (Å²) in [6, 6.07) is 14.0. The molecule has 0 aromatic heterocycles. The van der Waals surface area contributed by atoms with E-state index < -0.39 is 5.60 Å². The fourth-order valence-corrected chi connectivity index (χ4v) is 2.62. The third-order valence-corrected chi connectivity index (χ3v) is 3.54. The van der Waals surface area contributed by atoms with E-state index in [1.54, 1.807) is 7.11 Å². The maximum atomic E-state index is 10.7. The largest absolute Gasteiger partial charge is 0.497 e. The number of aliphatic hydroxyl groups is 1. The van der Waals surface area contributed by atoms with Gasteiger partial charge in [-0.2, -0.15) is 0 Å². The second kappa shape index (κ2) is 5.68. The molecule has 0 bridgehead atoms. The van der Waals surface area contributed by atoms with Crippen molar-refractivity contribution in [1.82, 2.24) is 0 Å². The number of rotatable bonds is 4. The van der Waals surface area contributed by atoms with Crippen molar-refractivity contribution in [3.63, 3.8) is 0 Å². The molecule has 2 aromatic carbocycles. The molecule has 0 aliphatic heterocycles. The van der Waals surface area contributed by atoms with E-state index in [4.69, 9.17) is 4.74 Å². The van der Waals surface area contributed by atoms with Crippen molar-refractivity contribution in [2.45, 2.75) is 32.8 Å². The first-order valence-corrected chi connectivity index (χ1v) is 6.85. The van der Waals surface area contributed by atoms with Crippen molar-refractivity contribution in [2.24, 2.45) is 0 Å². The van der Waals surface area contributed by atoms with Crippen LogP contribution >= 0.6 is 0 Å². The molecule has 0 saturated heterocycles. The minimum Gasteiger partial charge on any atom is -0.497 e. The molecule has 0 radical (unpaired) electrons. The molecule has 0 spiro atoms. The number of hydrogen-bond acceptors (Lipinski definition) is 2. The van der Waals surface area contributed by atoms with Gasteiger partial charge >= 0.3 is 0 Å². The summed E-state index contributed by atoms with van der Waals surface area (Å²) in [6.45, 7) is 6.02. The highest BCUT2D eigenvalue weighted by atomic mass is 16.5. The van der Waals surface area contributed by atoms with E-state index in [0.717, 1.165) is 16.9 Å².